The highest BCUT2D eigenvalue weighted by atomic mass is 16.5. The monoisotopic (exact) mass is 232 g/mol. The number of para-hydroxylation sites is 1. The van der Waals surface area contributed by atoms with Gasteiger partial charge in [-0.3, -0.25) is 9.48 Å². The van der Waals surface area contributed by atoms with Gasteiger partial charge < -0.3 is 9.84 Å². The van der Waals surface area contributed by atoms with Crippen LogP contribution in [0.3, 0.4) is 0 Å². The fourth-order valence-corrected chi connectivity index (χ4v) is 1.35. The van der Waals surface area contributed by atoms with Crippen molar-refractivity contribution in [2.75, 3.05) is 0 Å². The Bertz CT molecular complexity index is 493. The minimum atomic E-state index is -0.842. The summed E-state index contributed by atoms with van der Waals surface area (Å²) in [6.45, 7) is 0.341. The molecule has 2 aromatic rings. The van der Waals surface area contributed by atoms with E-state index in [0.717, 1.165) is 5.75 Å². The molecule has 0 aliphatic heterocycles. The Morgan fingerprint density at radius 2 is 2.06 bits per heavy atom. The smallest absolute Gasteiger partial charge is 0.305 e. The number of aromatic nitrogens is 2. The number of carbonyl (C=O) groups is 1. The lowest BCUT2D eigenvalue weighted by molar-refractivity contribution is -0.137. The number of carboxylic acid groups (broad SMARTS) is 1. The number of hydrogen-bond donors (Lipinski definition) is 1. The Labute approximate surface area is 98.3 Å². The highest BCUT2D eigenvalue weighted by Gasteiger charge is 2.02. The summed E-state index contributed by atoms with van der Waals surface area (Å²) in [6, 6.07) is 9.35. The number of nitrogens with zero attached hydrogens (tertiary/aromatic N) is 2. The lowest BCUT2D eigenvalue weighted by atomic mass is 10.3. The van der Waals surface area contributed by atoms with Crippen molar-refractivity contribution < 1.29 is 14.6 Å². The van der Waals surface area contributed by atoms with Crippen molar-refractivity contribution in [3.05, 3.63) is 42.7 Å². The average molecular weight is 232 g/mol. The summed E-state index contributed by atoms with van der Waals surface area (Å²) in [4.78, 5) is 10.4. The zero-order valence-corrected chi connectivity index (χ0v) is 9.11. The van der Waals surface area contributed by atoms with E-state index in [1.165, 1.54) is 0 Å². The van der Waals surface area contributed by atoms with Crippen molar-refractivity contribution in [3.63, 3.8) is 0 Å². The normalized spacial score (nSPS) is 10.1. The van der Waals surface area contributed by atoms with Crippen LogP contribution >= 0.6 is 0 Å². The Morgan fingerprint density at radius 3 is 2.76 bits per heavy atom. The predicted octanol–water partition coefficient (Wildman–Crippen LogP) is 2.15. The largest absolute Gasteiger partial charge is 0.481 e. The number of ether oxygens (including phenoxy) is 1. The van der Waals surface area contributed by atoms with Crippen molar-refractivity contribution in [2.24, 2.45) is 0 Å². The van der Waals surface area contributed by atoms with Gasteiger partial charge in [0.1, 0.15) is 5.75 Å². The first-order valence-electron chi connectivity index (χ1n) is 5.21. The summed E-state index contributed by atoms with van der Waals surface area (Å²) in [6.07, 6.45) is 3.29. The molecule has 88 valence electrons. The highest BCUT2D eigenvalue weighted by molar-refractivity contribution is 5.66. The third-order valence-electron chi connectivity index (χ3n) is 2.14. The summed E-state index contributed by atoms with van der Waals surface area (Å²) >= 11 is 0. The molecule has 0 radical (unpaired) electrons. The SMILES string of the molecule is O=C(O)CCn1cc(Oc2ccccc2)cn1. The molecule has 0 aliphatic rings. The number of benzene rings is 1. The van der Waals surface area contributed by atoms with Gasteiger partial charge in [-0.1, -0.05) is 18.2 Å². The Kier molecular flexibility index (Phi) is 3.40. The molecule has 0 saturated carbocycles. The third kappa shape index (κ3) is 3.34. The van der Waals surface area contributed by atoms with Crippen LogP contribution in [-0.4, -0.2) is 20.9 Å². The van der Waals surface area contributed by atoms with Crippen molar-refractivity contribution in [1.29, 1.82) is 0 Å². The summed E-state index contributed by atoms with van der Waals surface area (Å²) in [7, 11) is 0. The van der Waals surface area contributed by atoms with Crippen molar-refractivity contribution in [2.45, 2.75) is 13.0 Å². The summed E-state index contributed by atoms with van der Waals surface area (Å²) in [5.74, 6) is 0.484. The standard InChI is InChI=1S/C12H12N2O3/c15-12(16)6-7-14-9-11(8-13-14)17-10-4-2-1-3-5-10/h1-5,8-9H,6-7H2,(H,15,16). The third-order valence-corrected chi connectivity index (χ3v) is 2.14. The van der Waals surface area contributed by atoms with Crippen LogP contribution in [0.1, 0.15) is 6.42 Å². The van der Waals surface area contributed by atoms with E-state index in [1.807, 2.05) is 30.3 Å². The van der Waals surface area contributed by atoms with E-state index in [0.29, 0.717) is 12.3 Å². The molecule has 1 N–H and O–H groups in total. The molecule has 0 amide bonds. The van der Waals surface area contributed by atoms with E-state index in [9.17, 15) is 4.79 Å². The second kappa shape index (κ2) is 5.16. The van der Waals surface area contributed by atoms with Crippen LogP contribution < -0.4 is 4.74 Å². The minimum absolute atomic E-state index is 0.0481. The van der Waals surface area contributed by atoms with Crippen molar-refractivity contribution in [3.8, 4) is 11.5 Å². The van der Waals surface area contributed by atoms with Crippen LogP contribution in [0.2, 0.25) is 0 Å². The number of hydrogen-bond acceptors (Lipinski definition) is 3. The van der Waals surface area contributed by atoms with E-state index in [4.69, 9.17) is 9.84 Å². The second-order valence-electron chi connectivity index (χ2n) is 3.50. The molecule has 5 heteroatoms. The van der Waals surface area contributed by atoms with E-state index >= 15 is 0 Å². The molecule has 0 spiro atoms. The first-order valence-corrected chi connectivity index (χ1v) is 5.21. The molecular weight excluding hydrogens is 220 g/mol. The molecular formula is C12H12N2O3. The molecule has 5 nitrogen and oxygen atoms in total. The van der Waals surface area contributed by atoms with E-state index in [2.05, 4.69) is 5.10 Å². The summed E-state index contributed by atoms with van der Waals surface area (Å²) in [5, 5.41) is 12.6. The predicted molar refractivity (Wildman–Crippen MR) is 61.0 cm³/mol. The molecule has 0 aliphatic carbocycles. The highest BCUT2D eigenvalue weighted by Crippen LogP contribution is 2.19. The van der Waals surface area contributed by atoms with Gasteiger partial charge in [0.15, 0.2) is 5.75 Å². The van der Waals surface area contributed by atoms with Crippen LogP contribution in [0.15, 0.2) is 42.7 Å². The molecule has 1 heterocycles. The lowest BCUT2D eigenvalue weighted by Gasteiger charge is -2.01. The number of aryl methyl sites for hydroxylation is 1. The van der Waals surface area contributed by atoms with Gasteiger partial charge in [-0.05, 0) is 12.1 Å². The molecule has 17 heavy (non-hydrogen) atoms. The fraction of sp³-hybridized carbons (Fsp3) is 0.167. The quantitative estimate of drug-likeness (QED) is 0.857. The number of carboxylic acids is 1. The van der Waals surface area contributed by atoms with Gasteiger partial charge in [0.25, 0.3) is 0 Å². The molecule has 2 rings (SSSR count). The average Bonchev–Trinajstić information content (AvgIpc) is 2.75. The molecule has 0 saturated heterocycles. The summed E-state index contributed by atoms with van der Waals surface area (Å²) in [5.41, 5.74) is 0. The summed E-state index contributed by atoms with van der Waals surface area (Å²) < 4.78 is 7.08. The van der Waals surface area contributed by atoms with E-state index in [-0.39, 0.29) is 6.42 Å². The fourth-order valence-electron chi connectivity index (χ4n) is 1.35. The number of rotatable bonds is 5. The van der Waals surface area contributed by atoms with Gasteiger partial charge in [0, 0.05) is 0 Å². The van der Waals surface area contributed by atoms with Crippen LogP contribution in [-0.2, 0) is 11.3 Å². The zero-order chi connectivity index (χ0) is 12.1. The van der Waals surface area contributed by atoms with Gasteiger partial charge in [-0.25, -0.2) is 0 Å². The van der Waals surface area contributed by atoms with Gasteiger partial charge in [-0.15, -0.1) is 0 Å². The topological polar surface area (TPSA) is 64.3 Å². The maximum absolute atomic E-state index is 10.4. The zero-order valence-electron chi connectivity index (χ0n) is 9.11. The minimum Gasteiger partial charge on any atom is -0.481 e. The first-order chi connectivity index (χ1) is 8.24. The van der Waals surface area contributed by atoms with Gasteiger partial charge >= 0.3 is 5.97 Å². The first kappa shape index (κ1) is 11.2. The molecule has 1 aromatic carbocycles. The van der Waals surface area contributed by atoms with Gasteiger partial charge in [0.2, 0.25) is 0 Å². The van der Waals surface area contributed by atoms with E-state index in [1.54, 1.807) is 17.1 Å². The van der Waals surface area contributed by atoms with Crippen LogP contribution in [0.25, 0.3) is 0 Å². The Balaban J connectivity index is 1.97. The molecule has 0 fully saturated rings. The van der Waals surface area contributed by atoms with Crippen LogP contribution in [0.4, 0.5) is 0 Å². The van der Waals surface area contributed by atoms with Gasteiger partial charge in [0.05, 0.1) is 25.4 Å². The molecule has 1 aromatic heterocycles. The van der Waals surface area contributed by atoms with Crippen LogP contribution in [0, 0.1) is 0 Å². The van der Waals surface area contributed by atoms with Crippen molar-refractivity contribution >= 4 is 5.97 Å². The van der Waals surface area contributed by atoms with Crippen molar-refractivity contribution in [1.82, 2.24) is 9.78 Å². The van der Waals surface area contributed by atoms with Crippen LogP contribution in [0.5, 0.6) is 11.5 Å². The maximum atomic E-state index is 10.4. The van der Waals surface area contributed by atoms with E-state index < -0.39 is 5.97 Å². The molecule has 0 bridgehead atoms. The Hall–Kier alpha value is -2.30. The van der Waals surface area contributed by atoms with Gasteiger partial charge in [-0.2, -0.15) is 5.10 Å². The Morgan fingerprint density at radius 1 is 1.29 bits per heavy atom. The second-order valence-corrected chi connectivity index (χ2v) is 3.50. The molecule has 0 unspecified atom stereocenters. The lowest BCUT2D eigenvalue weighted by Crippen LogP contribution is -2.04. The molecule has 0 atom stereocenters. The number of aliphatic carboxylic acids is 1. The maximum Gasteiger partial charge on any atom is 0.305 e.